The lowest BCUT2D eigenvalue weighted by Gasteiger charge is -2.32. The predicted molar refractivity (Wildman–Crippen MR) is 70.1 cm³/mol. The Morgan fingerprint density at radius 3 is 2.53 bits per heavy atom. The summed E-state index contributed by atoms with van der Waals surface area (Å²) < 4.78 is 37.8. The van der Waals surface area contributed by atoms with Crippen LogP contribution in [0.3, 0.4) is 0 Å². The van der Waals surface area contributed by atoms with Crippen LogP contribution in [-0.4, -0.2) is 17.2 Å². The van der Waals surface area contributed by atoms with E-state index in [1.54, 1.807) is 17.5 Å². The Kier molecular flexibility index (Phi) is 4.84. The van der Waals surface area contributed by atoms with E-state index in [4.69, 9.17) is 0 Å². The van der Waals surface area contributed by atoms with Crippen molar-refractivity contribution >= 4 is 11.3 Å². The molecule has 1 aromatic heterocycles. The molecule has 2 nitrogen and oxygen atoms in total. The summed E-state index contributed by atoms with van der Waals surface area (Å²) in [7, 11) is 0. The van der Waals surface area contributed by atoms with Crippen LogP contribution in [0.25, 0.3) is 0 Å². The Bertz CT molecular complexity index is 370. The van der Waals surface area contributed by atoms with Gasteiger partial charge in [0.2, 0.25) is 0 Å². The van der Waals surface area contributed by atoms with Gasteiger partial charge in [0, 0.05) is 17.6 Å². The van der Waals surface area contributed by atoms with Crippen molar-refractivity contribution < 1.29 is 13.2 Å². The van der Waals surface area contributed by atoms with Gasteiger partial charge in [0.25, 0.3) is 0 Å². The summed E-state index contributed by atoms with van der Waals surface area (Å²) in [6, 6.07) is 0.361. The van der Waals surface area contributed by atoms with Crippen LogP contribution >= 0.6 is 11.3 Å². The molecule has 0 amide bonds. The minimum Gasteiger partial charge on any atom is -0.305 e. The first-order chi connectivity index (χ1) is 9.00. The second-order valence-electron chi connectivity index (χ2n) is 5.09. The smallest absolute Gasteiger partial charge is 0.305 e. The van der Waals surface area contributed by atoms with Gasteiger partial charge in [-0.05, 0) is 32.1 Å². The second kappa shape index (κ2) is 6.22. The third-order valence-electron chi connectivity index (χ3n) is 3.78. The average Bonchev–Trinajstić information content (AvgIpc) is 2.89. The number of aromatic nitrogens is 1. The van der Waals surface area contributed by atoms with E-state index in [1.165, 1.54) is 0 Å². The zero-order valence-electron chi connectivity index (χ0n) is 10.9. The zero-order chi connectivity index (χ0) is 13.9. The van der Waals surface area contributed by atoms with Crippen LogP contribution < -0.4 is 5.32 Å². The summed E-state index contributed by atoms with van der Waals surface area (Å²) in [5.74, 6) is -1.11. The van der Waals surface area contributed by atoms with Crippen molar-refractivity contribution in [1.82, 2.24) is 10.3 Å². The molecule has 2 rings (SSSR count). The Morgan fingerprint density at radius 1 is 1.37 bits per heavy atom. The van der Waals surface area contributed by atoms with Crippen LogP contribution in [0, 0.1) is 5.92 Å². The number of nitrogens with zero attached hydrogens (tertiary/aromatic N) is 1. The summed E-state index contributed by atoms with van der Waals surface area (Å²) in [5.41, 5.74) is 0. The average molecular weight is 292 g/mol. The molecule has 0 spiro atoms. The van der Waals surface area contributed by atoms with Crippen molar-refractivity contribution in [2.75, 3.05) is 0 Å². The van der Waals surface area contributed by atoms with Crippen molar-refractivity contribution in [2.24, 2.45) is 5.92 Å². The largest absolute Gasteiger partial charge is 0.391 e. The van der Waals surface area contributed by atoms with Gasteiger partial charge in [-0.25, -0.2) is 4.98 Å². The summed E-state index contributed by atoms with van der Waals surface area (Å²) in [6.45, 7) is 2.07. The van der Waals surface area contributed by atoms with Crippen molar-refractivity contribution in [2.45, 2.75) is 57.3 Å². The Morgan fingerprint density at radius 2 is 2.05 bits per heavy atom. The number of rotatable bonds is 4. The Hall–Kier alpha value is -0.620. The SMILES string of the molecule is CCC(NC1CCC(C(F)(F)F)CC1)c1nccs1. The Balaban J connectivity index is 1.85. The van der Waals surface area contributed by atoms with Crippen molar-refractivity contribution in [3.05, 3.63) is 16.6 Å². The molecule has 6 heteroatoms. The number of nitrogens with one attached hydrogen (secondary N) is 1. The van der Waals surface area contributed by atoms with Gasteiger partial charge in [0.05, 0.1) is 12.0 Å². The van der Waals surface area contributed by atoms with Gasteiger partial charge >= 0.3 is 6.18 Å². The Labute approximate surface area is 115 Å². The molecule has 1 heterocycles. The van der Waals surface area contributed by atoms with Crippen LogP contribution in [0.1, 0.15) is 50.1 Å². The predicted octanol–water partition coefficient (Wildman–Crippen LogP) is 4.30. The third kappa shape index (κ3) is 3.92. The molecule has 1 atom stereocenters. The molecule has 1 fully saturated rings. The first kappa shape index (κ1) is 14.8. The quantitative estimate of drug-likeness (QED) is 0.894. The number of halogens is 3. The van der Waals surface area contributed by atoms with Gasteiger partial charge in [0.1, 0.15) is 5.01 Å². The third-order valence-corrected chi connectivity index (χ3v) is 4.67. The highest BCUT2D eigenvalue weighted by Crippen LogP contribution is 2.38. The molecular formula is C13H19F3N2S. The maximum Gasteiger partial charge on any atom is 0.391 e. The highest BCUT2D eigenvalue weighted by Gasteiger charge is 2.41. The number of alkyl halides is 3. The van der Waals surface area contributed by atoms with Crippen LogP contribution in [-0.2, 0) is 0 Å². The monoisotopic (exact) mass is 292 g/mol. The molecule has 1 aromatic rings. The minimum atomic E-state index is -4.02. The van der Waals surface area contributed by atoms with Gasteiger partial charge in [-0.2, -0.15) is 13.2 Å². The first-order valence-corrected chi connectivity index (χ1v) is 7.60. The fraction of sp³-hybridized carbons (Fsp3) is 0.769. The lowest BCUT2D eigenvalue weighted by atomic mass is 9.85. The molecule has 1 N–H and O–H groups in total. The van der Waals surface area contributed by atoms with Gasteiger partial charge < -0.3 is 5.32 Å². The van der Waals surface area contributed by atoms with Crippen LogP contribution in [0.2, 0.25) is 0 Å². The fourth-order valence-electron chi connectivity index (χ4n) is 2.64. The van der Waals surface area contributed by atoms with Crippen LogP contribution in [0.5, 0.6) is 0 Å². The van der Waals surface area contributed by atoms with Crippen molar-refractivity contribution in [3.63, 3.8) is 0 Å². The zero-order valence-corrected chi connectivity index (χ0v) is 11.7. The highest BCUT2D eigenvalue weighted by atomic mass is 32.1. The maximum atomic E-state index is 12.6. The van der Waals surface area contributed by atoms with Gasteiger partial charge in [0.15, 0.2) is 0 Å². The molecule has 0 radical (unpaired) electrons. The molecule has 1 aliphatic carbocycles. The first-order valence-electron chi connectivity index (χ1n) is 6.72. The van der Waals surface area contributed by atoms with Crippen molar-refractivity contribution in [1.29, 1.82) is 0 Å². The van der Waals surface area contributed by atoms with Crippen LogP contribution in [0.4, 0.5) is 13.2 Å². The summed E-state index contributed by atoms with van der Waals surface area (Å²) in [5, 5.41) is 6.42. The lowest BCUT2D eigenvalue weighted by molar-refractivity contribution is -0.182. The molecular weight excluding hydrogens is 273 g/mol. The molecule has 0 aliphatic heterocycles. The molecule has 19 heavy (non-hydrogen) atoms. The van der Waals surface area contributed by atoms with E-state index in [2.05, 4.69) is 17.2 Å². The molecule has 0 bridgehead atoms. The molecule has 1 unspecified atom stereocenters. The van der Waals surface area contributed by atoms with Crippen LogP contribution in [0.15, 0.2) is 11.6 Å². The molecule has 1 aliphatic rings. The van der Waals surface area contributed by atoms with E-state index in [-0.39, 0.29) is 24.9 Å². The number of hydrogen-bond donors (Lipinski definition) is 1. The van der Waals surface area contributed by atoms with E-state index in [0.717, 1.165) is 11.4 Å². The van der Waals surface area contributed by atoms with Gasteiger partial charge in [-0.3, -0.25) is 0 Å². The van der Waals surface area contributed by atoms with E-state index >= 15 is 0 Å². The summed E-state index contributed by atoms with van der Waals surface area (Å²) in [4.78, 5) is 4.28. The van der Waals surface area contributed by atoms with Gasteiger partial charge in [-0.15, -0.1) is 11.3 Å². The lowest BCUT2D eigenvalue weighted by Crippen LogP contribution is -2.38. The minimum absolute atomic E-state index is 0.174. The second-order valence-corrected chi connectivity index (χ2v) is 6.01. The van der Waals surface area contributed by atoms with E-state index in [1.807, 2.05) is 5.38 Å². The van der Waals surface area contributed by atoms with Crippen molar-refractivity contribution in [3.8, 4) is 0 Å². The topological polar surface area (TPSA) is 24.9 Å². The summed E-state index contributed by atoms with van der Waals surface area (Å²) >= 11 is 1.60. The van der Waals surface area contributed by atoms with E-state index < -0.39 is 12.1 Å². The molecule has 1 saturated carbocycles. The number of hydrogen-bond acceptors (Lipinski definition) is 3. The standard InChI is InChI=1S/C13H19F3N2S/c1-2-11(12-17-7-8-19-12)18-10-5-3-9(4-6-10)13(14,15)16/h7-11,18H,2-6H2,1H3. The fourth-order valence-corrected chi connectivity index (χ4v) is 3.42. The van der Waals surface area contributed by atoms with Gasteiger partial charge in [-0.1, -0.05) is 6.92 Å². The van der Waals surface area contributed by atoms with E-state index in [0.29, 0.717) is 12.8 Å². The normalized spacial score (nSPS) is 26.3. The molecule has 0 aromatic carbocycles. The maximum absolute atomic E-state index is 12.6. The van der Waals surface area contributed by atoms with E-state index in [9.17, 15) is 13.2 Å². The molecule has 108 valence electrons. The number of thiazole rings is 1. The summed E-state index contributed by atoms with van der Waals surface area (Å²) in [6.07, 6.45) is 0.352. The highest BCUT2D eigenvalue weighted by molar-refractivity contribution is 7.09. The molecule has 0 saturated heterocycles.